The summed E-state index contributed by atoms with van der Waals surface area (Å²) in [6, 6.07) is 10.5. The Balaban J connectivity index is 1.98. The maximum atomic E-state index is 12.8. The third-order valence-electron chi connectivity index (χ3n) is 3.89. The number of hydrogen-bond acceptors (Lipinski definition) is 6. The van der Waals surface area contributed by atoms with Crippen LogP contribution >= 0.6 is 15.9 Å². The molecule has 3 rings (SSSR count). The lowest BCUT2D eigenvalue weighted by Crippen LogP contribution is -2.17. The van der Waals surface area contributed by atoms with Crippen LogP contribution in [0.1, 0.15) is 16.7 Å². The first-order chi connectivity index (χ1) is 12.2. The molecular weight excluding hydrogens is 418 g/mol. The van der Waals surface area contributed by atoms with Crippen molar-refractivity contribution in [3.63, 3.8) is 0 Å². The molecule has 0 atom stereocenters. The first-order valence-electron chi connectivity index (χ1n) is 7.77. The van der Waals surface area contributed by atoms with E-state index in [1.54, 1.807) is 19.1 Å². The molecule has 0 aliphatic heterocycles. The molecule has 1 aromatic heterocycles. The van der Waals surface area contributed by atoms with Crippen molar-refractivity contribution >= 4 is 43.5 Å². The van der Waals surface area contributed by atoms with Gasteiger partial charge in [0.2, 0.25) is 11.9 Å². The Labute approximate surface area is 160 Å². The van der Waals surface area contributed by atoms with Crippen molar-refractivity contribution in [2.75, 3.05) is 11.1 Å². The van der Waals surface area contributed by atoms with Gasteiger partial charge in [-0.3, -0.25) is 0 Å². The third-order valence-corrected chi connectivity index (χ3v) is 6.35. The average molecular weight is 436 g/mol. The predicted molar refractivity (Wildman–Crippen MR) is 105 cm³/mol. The molecule has 0 unspecified atom stereocenters. The van der Waals surface area contributed by atoms with Gasteiger partial charge >= 0.3 is 0 Å². The van der Waals surface area contributed by atoms with Crippen LogP contribution in [0.15, 0.2) is 45.8 Å². The van der Waals surface area contributed by atoms with Crippen LogP contribution in [0, 0.1) is 20.8 Å². The molecule has 0 amide bonds. The highest BCUT2D eigenvalue weighted by Gasteiger charge is 2.23. The van der Waals surface area contributed by atoms with Crippen molar-refractivity contribution < 1.29 is 8.42 Å². The largest absolute Gasteiger partial charge is 0.367 e. The van der Waals surface area contributed by atoms with Crippen LogP contribution < -0.4 is 11.1 Å². The molecule has 0 bridgehead atoms. The van der Waals surface area contributed by atoms with Gasteiger partial charge in [-0.25, -0.2) is 0 Å². The first-order valence-corrected chi connectivity index (χ1v) is 10.0. The third kappa shape index (κ3) is 3.45. The van der Waals surface area contributed by atoms with E-state index in [1.165, 1.54) is 6.07 Å². The number of aromatic nitrogens is 3. The number of rotatable bonds is 4. The second kappa shape index (κ2) is 6.73. The molecule has 136 valence electrons. The van der Waals surface area contributed by atoms with Gasteiger partial charge < -0.3 is 11.1 Å². The predicted octanol–water partition coefficient (Wildman–Crippen LogP) is 3.53. The number of nitrogens with two attached hydrogens (primary N) is 1. The van der Waals surface area contributed by atoms with Gasteiger partial charge in [-0.15, -0.1) is 9.19 Å². The lowest BCUT2D eigenvalue weighted by atomic mass is 10.1. The van der Waals surface area contributed by atoms with E-state index in [-0.39, 0.29) is 16.8 Å². The minimum absolute atomic E-state index is 0.0906. The normalized spacial score (nSPS) is 11.5. The number of nitrogens with one attached hydrogen (secondary N) is 1. The molecule has 1 heterocycles. The molecule has 26 heavy (non-hydrogen) atoms. The number of halogens is 1. The fourth-order valence-corrected chi connectivity index (χ4v) is 3.98. The topological polar surface area (TPSA) is 103 Å². The second-order valence-electron chi connectivity index (χ2n) is 6.00. The first kappa shape index (κ1) is 18.4. The van der Waals surface area contributed by atoms with Crippen molar-refractivity contribution in [1.29, 1.82) is 0 Å². The number of hydrogen-bond donors (Lipinski definition) is 2. The summed E-state index contributed by atoms with van der Waals surface area (Å²) in [5.41, 5.74) is 9.50. The highest BCUT2D eigenvalue weighted by Crippen LogP contribution is 2.24. The standard InChI is InChI=1S/C17H18BrN5O2S/c1-10-4-7-15(12(3)8-10)20-17-21-16(19)23(22-17)26(24,25)13-5-6-14(18)11(2)9-13/h4-9H,1-3H3,(H3,19,20,21,22). The average Bonchev–Trinajstić information content (AvgIpc) is 2.94. The molecule has 0 fully saturated rings. The lowest BCUT2D eigenvalue weighted by Gasteiger charge is -2.07. The highest BCUT2D eigenvalue weighted by atomic mass is 79.9. The van der Waals surface area contributed by atoms with Gasteiger partial charge in [0.05, 0.1) is 4.90 Å². The monoisotopic (exact) mass is 435 g/mol. The fourth-order valence-electron chi connectivity index (χ4n) is 2.49. The molecular formula is C17H18BrN5O2S. The highest BCUT2D eigenvalue weighted by molar-refractivity contribution is 9.10. The summed E-state index contributed by atoms with van der Waals surface area (Å²) in [5, 5.41) is 7.05. The quantitative estimate of drug-likeness (QED) is 0.649. The Kier molecular flexibility index (Phi) is 4.76. The van der Waals surface area contributed by atoms with Gasteiger partial charge in [-0.2, -0.15) is 13.4 Å². The van der Waals surface area contributed by atoms with Crippen molar-refractivity contribution in [3.8, 4) is 0 Å². The van der Waals surface area contributed by atoms with Crippen LogP contribution in [-0.4, -0.2) is 22.6 Å². The molecule has 0 aliphatic carbocycles. The minimum atomic E-state index is -3.94. The number of nitrogens with zero attached hydrogens (tertiary/aromatic N) is 3. The van der Waals surface area contributed by atoms with Gasteiger partial charge in [0.15, 0.2) is 0 Å². The molecule has 3 N–H and O–H groups in total. The van der Waals surface area contributed by atoms with E-state index in [9.17, 15) is 8.42 Å². The van der Waals surface area contributed by atoms with Crippen molar-refractivity contribution in [2.24, 2.45) is 0 Å². The van der Waals surface area contributed by atoms with Crippen molar-refractivity contribution in [3.05, 3.63) is 57.6 Å². The Morgan fingerprint density at radius 3 is 2.46 bits per heavy atom. The van der Waals surface area contributed by atoms with Crippen LogP contribution in [0.4, 0.5) is 17.6 Å². The second-order valence-corrected chi connectivity index (χ2v) is 8.62. The van der Waals surface area contributed by atoms with Gasteiger partial charge in [0.1, 0.15) is 0 Å². The zero-order chi connectivity index (χ0) is 19.1. The summed E-state index contributed by atoms with van der Waals surface area (Å²) in [5.74, 6) is -0.0929. The Morgan fingerprint density at radius 1 is 1.08 bits per heavy atom. The number of aryl methyl sites for hydroxylation is 3. The van der Waals surface area contributed by atoms with Crippen LogP contribution in [0.25, 0.3) is 0 Å². The van der Waals surface area contributed by atoms with Crippen LogP contribution in [0.2, 0.25) is 0 Å². The summed E-state index contributed by atoms with van der Waals surface area (Å²) >= 11 is 3.36. The Hall–Kier alpha value is -2.39. The van der Waals surface area contributed by atoms with E-state index in [4.69, 9.17) is 5.73 Å². The molecule has 0 radical (unpaired) electrons. The SMILES string of the molecule is Cc1ccc(Nc2nc(N)n(S(=O)(=O)c3ccc(Br)c(C)c3)n2)c(C)c1. The summed E-state index contributed by atoms with van der Waals surface area (Å²) in [4.78, 5) is 4.12. The van der Waals surface area contributed by atoms with Gasteiger partial charge in [-0.1, -0.05) is 33.6 Å². The lowest BCUT2D eigenvalue weighted by molar-refractivity contribution is 0.581. The van der Waals surface area contributed by atoms with E-state index < -0.39 is 10.0 Å². The van der Waals surface area contributed by atoms with Crippen molar-refractivity contribution in [2.45, 2.75) is 25.7 Å². The molecule has 0 saturated heterocycles. The van der Waals surface area contributed by atoms with Gasteiger partial charge in [0, 0.05) is 10.2 Å². The smallest absolute Gasteiger partial charge is 0.286 e. The van der Waals surface area contributed by atoms with Crippen molar-refractivity contribution in [1.82, 2.24) is 14.2 Å². The number of anilines is 3. The van der Waals surface area contributed by atoms with Crippen LogP contribution in [-0.2, 0) is 10.0 Å². The Morgan fingerprint density at radius 2 is 1.81 bits per heavy atom. The van der Waals surface area contributed by atoms with E-state index in [1.807, 2.05) is 32.0 Å². The zero-order valence-corrected chi connectivity index (χ0v) is 16.9. The summed E-state index contributed by atoms with van der Waals surface area (Å²) < 4.78 is 27.2. The Bertz CT molecular complexity index is 1090. The van der Waals surface area contributed by atoms with E-state index in [0.29, 0.717) is 0 Å². The van der Waals surface area contributed by atoms with Gasteiger partial charge in [-0.05, 0) is 56.2 Å². The van der Waals surface area contributed by atoms with Gasteiger partial charge in [0.25, 0.3) is 10.0 Å². The summed E-state index contributed by atoms with van der Waals surface area (Å²) in [6.07, 6.45) is 0. The fraction of sp³-hybridized carbons (Fsp3) is 0.176. The maximum Gasteiger partial charge on any atom is 0.286 e. The van der Waals surface area contributed by atoms with E-state index in [0.717, 1.165) is 30.9 Å². The van der Waals surface area contributed by atoms with Crippen LogP contribution in [0.5, 0.6) is 0 Å². The number of nitrogen functional groups attached to an aromatic ring is 1. The molecule has 3 aromatic rings. The van der Waals surface area contributed by atoms with Crippen LogP contribution in [0.3, 0.4) is 0 Å². The van der Waals surface area contributed by atoms with E-state index in [2.05, 4.69) is 31.3 Å². The summed E-state index contributed by atoms with van der Waals surface area (Å²) in [7, 11) is -3.94. The molecule has 0 aliphatic rings. The minimum Gasteiger partial charge on any atom is -0.367 e. The summed E-state index contributed by atoms with van der Waals surface area (Å²) in [6.45, 7) is 5.74. The molecule has 0 saturated carbocycles. The molecule has 0 spiro atoms. The van der Waals surface area contributed by atoms with E-state index >= 15 is 0 Å². The maximum absolute atomic E-state index is 12.8. The number of benzene rings is 2. The molecule has 2 aromatic carbocycles. The zero-order valence-electron chi connectivity index (χ0n) is 14.5. The molecule has 7 nitrogen and oxygen atoms in total. The molecule has 9 heteroatoms.